The van der Waals surface area contributed by atoms with Crippen LogP contribution in [0.25, 0.3) is 0 Å². The van der Waals surface area contributed by atoms with E-state index in [1.54, 1.807) is 6.07 Å². The van der Waals surface area contributed by atoms with Crippen molar-refractivity contribution in [1.29, 1.82) is 0 Å². The molecule has 0 aliphatic rings. The first-order valence-corrected chi connectivity index (χ1v) is 3.58. The summed E-state index contributed by atoms with van der Waals surface area (Å²) in [6.07, 6.45) is 0. The fraction of sp³-hybridized carbons (Fsp3) is 0. The molecule has 1 heterocycles. The quantitative estimate of drug-likeness (QED) is 0.579. The zero-order valence-electron chi connectivity index (χ0n) is 4.87. The second-order valence-corrected chi connectivity index (χ2v) is 2.84. The van der Waals surface area contributed by atoms with E-state index in [-0.39, 0.29) is 10.2 Å². The molecule has 0 spiro atoms. The number of halogens is 3. The molecular formula is C6H3Cl3N. The fourth-order valence-electron chi connectivity index (χ4n) is 0.516. The van der Waals surface area contributed by atoms with Crippen molar-refractivity contribution in [1.82, 2.24) is 4.98 Å². The van der Waals surface area contributed by atoms with Gasteiger partial charge in [-0.2, -0.15) is 0 Å². The average molecular weight is 195 g/mol. The molecule has 0 atom stereocenters. The third-order valence-electron chi connectivity index (χ3n) is 0.926. The molecule has 0 amide bonds. The number of rotatable bonds is 0. The van der Waals surface area contributed by atoms with E-state index in [0.717, 1.165) is 0 Å². The van der Waals surface area contributed by atoms with Crippen molar-refractivity contribution in [2.75, 3.05) is 0 Å². The molecular weight excluding hydrogens is 192 g/mol. The minimum absolute atomic E-state index is 0.194. The van der Waals surface area contributed by atoms with Crippen molar-refractivity contribution in [3.8, 4) is 0 Å². The van der Waals surface area contributed by atoms with Crippen LogP contribution in [0.5, 0.6) is 0 Å². The Morgan fingerprint density at radius 3 is 2.40 bits per heavy atom. The predicted molar refractivity (Wildman–Crippen MR) is 43.7 cm³/mol. The molecule has 0 N–H and O–H groups in total. The molecule has 0 saturated heterocycles. The molecule has 10 heavy (non-hydrogen) atoms. The SMILES string of the molecule is [CH2]c1cc(Cl)c(Cl)c(Cl)n1. The van der Waals surface area contributed by atoms with Crippen LogP contribution in [0, 0.1) is 6.92 Å². The van der Waals surface area contributed by atoms with Gasteiger partial charge in [0.1, 0.15) is 5.15 Å². The lowest BCUT2D eigenvalue weighted by atomic mass is 10.4. The Labute approximate surface area is 73.9 Å². The van der Waals surface area contributed by atoms with Crippen molar-refractivity contribution >= 4 is 34.8 Å². The molecule has 1 nitrogen and oxygen atoms in total. The first-order valence-electron chi connectivity index (χ1n) is 2.45. The largest absolute Gasteiger partial charge is 0.239 e. The van der Waals surface area contributed by atoms with Crippen LogP contribution in [0.1, 0.15) is 5.69 Å². The lowest BCUT2D eigenvalue weighted by Crippen LogP contribution is -1.82. The molecule has 0 bridgehead atoms. The summed E-state index contributed by atoms with van der Waals surface area (Å²) in [5.74, 6) is 0. The molecule has 0 unspecified atom stereocenters. The Hall–Kier alpha value is 0.0200. The third-order valence-corrected chi connectivity index (χ3v) is 2.07. The van der Waals surface area contributed by atoms with Gasteiger partial charge in [-0.1, -0.05) is 34.8 Å². The lowest BCUT2D eigenvalue weighted by Gasteiger charge is -1.97. The van der Waals surface area contributed by atoms with Crippen molar-refractivity contribution in [2.24, 2.45) is 0 Å². The Morgan fingerprint density at radius 1 is 1.30 bits per heavy atom. The molecule has 0 fully saturated rings. The fourth-order valence-corrected chi connectivity index (χ4v) is 1.09. The van der Waals surface area contributed by atoms with Crippen molar-refractivity contribution in [3.05, 3.63) is 33.9 Å². The molecule has 1 rings (SSSR count). The summed E-state index contributed by atoms with van der Waals surface area (Å²) in [5, 5.41) is 0.849. The molecule has 53 valence electrons. The Kier molecular flexibility index (Phi) is 2.40. The summed E-state index contributed by atoms with van der Waals surface area (Å²) in [7, 11) is 0. The van der Waals surface area contributed by atoms with Crippen LogP contribution in [0.15, 0.2) is 6.07 Å². The van der Waals surface area contributed by atoms with Crippen molar-refractivity contribution in [3.63, 3.8) is 0 Å². The molecule has 0 saturated carbocycles. The van der Waals surface area contributed by atoms with E-state index >= 15 is 0 Å². The van der Waals surface area contributed by atoms with Gasteiger partial charge in [0, 0.05) is 5.69 Å². The van der Waals surface area contributed by atoms with E-state index in [1.165, 1.54) is 0 Å². The van der Waals surface area contributed by atoms with E-state index in [2.05, 4.69) is 11.9 Å². The van der Waals surface area contributed by atoms with Crippen LogP contribution < -0.4 is 0 Å². The van der Waals surface area contributed by atoms with Gasteiger partial charge in [0.05, 0.1) is 10.0 Å². The number of nitrogens with zero attached hydrogens (tertiary/aromatic N) is 1. The average Bonchev–Trinajstić information content (AvgIpc) is 1.82. The highest BCUT2D eigenvalue weighted by molar-refractivity contribution is 6.47. The standard InChI is InChI=1S/C6H3Cl3N/c1-3-2-4(7)5(8)6(9)10-3/h2H,1H2. The maximum absolute atomic E-state index is 5.62. The van der Waals surface area contributed by atoms with Crippen molar-refractivity contribution in [2.45, 2.75) is 0 Å². The van der Waals surface area contributed by atoms with Crippen LogP contribution >= 0.6 is 34.8 Å². The van der Waals surface area contributed by atoms with Gasteiger partial charge in [0.25, 0.3) is 0 Å². The minimum Gasteiger partial charge on any atom is -0.239 e. The Morgan fingerprint density at radius 2 is 1.90 bits per heavy atom. The highest BCUT2D eigenvalue weighted by Crippen LogP contribution is 2.28. The maximum atomic E-state index is 5.62. The maximum Gasteiger partial charge on any atom is 0.149 e. The Bertz CT molecular complexity index is 236. The van der Waals surface area contributed by atoms with Gasteiger partial charge in [-0.3, -0.25) is 0 Å². The molecule has 1 aromatic heterocycles. The minimum atomic E-state index is 0.194. The number of hydrogen-bond acceptors (Lipinski definition) is 1. The van der Waals surface area contributed by atoms with Crippen LogP contribution in [0.2, 0.25) is 15.2 Å². The van der Waals surface area contributed by atoms with Gasteiger partial charge < -0.3 is 0 Å². The van der Waals surface area contributed by atoms with E-state index in [0.29, 0.717) is 10.7 Å². The van der Waals surface area contributed by atoms with E-state index in [4.69, 9.17) is 34.8 Å². The molecule has 1 aromatic rings. The predicted octanol–water partition coefficient (Wildman–Crippen LogP) is 3.22. The summed E-state index contributed by atoms with van der Waals surface area (Å²) in [6, 6.07) is 1.55. The number of hydrogen-bond donors (Lipinski definition) is 0. The van der Waals surface area contributed by atoms with Crippen molar-refractivity contribution < 1.29 is 0 Å². The van der Waals surface area contributed by atoms with E-state index < -0.39 is 0 Å². The first-order chi connectivity index (χ1) is 4.61. The third kappa shape index (κ3) is 1.54. The van der Waals surface area contributed by atoms with Crippen LogP contribution in [-0.2, 0) is 0 Å². The van der Waals surface area contributed by atoms with Crippen LogP contribution in [0.4, 0.5) is 0 Å². The second kappa shape index (κ2) is 2.95. The zero-order chi connectivity index (χ0) is 7.72. The summed E-state index contributed by atoms with van der Waals surface area (Å²) in [6.45, 7) is 3.54. The normalized spacial score (nSPS) is 10.0. The van der Waals surface area contributed by atoms with Gasteiger partial charge in [-0.25, -0.2) is 4.98 Å². The summed E-state index contributed by atoms with van der Waals surface area (Å²) < 4.78 is 0. The molecule has 1 radical (unpaired) electrons. The topological polar surface area (TPSA) is 12.9 Å². The van der Waals surface area contributed by atoms with E-state index in [1.807, 2.05) is 0 Å². The first kappa shape index (κ1) is 8.12. The van der Waals surface area contributed by atoms with Crippen LogP contribution in [-0.4, -0.2) is 4.98 Å². The molecule has 0 aromatic carbocycles. The van der Waals surface area contributed by atoms with Crippen LogP contribution in [0.3, 0.4) is 0 Å². The zero-order valence-corrected chi connectivity index (χ0v) is 7.13. The highest BCUT2D eigenvalue weighted by Gasteiger charge is 2.03. The number of pyridine rings is 1. The summed E-state index contributed by atoms with van der Waals surface area (Å²) in [4.78, 5) is 3.77. The Balaban J connectivity index is 3.31. The summed E-state index contributed by atoms with van der Waals surface area (Å²) in [5.41, 5.74) is 0.513. The smallest absolute Gasteiger partial charge is 0.149 e. The monoisotopic (exact) mass is 194 g/mol. The second-order valence-electron chi connectivity index (χ2n) is 1.70. The lowest BCUT2D eigenvalue weighted by molar-refractivity contribution is 1.27. The van der Waals surface area contributed by atoms with E-state index in [9.17, 15) is 0 Å². The molecule has 4 heteroatoms. The van der Waals surface area contributed by atoms with Gasteiger partial charge in [0.2, 0.25) is 0 Å². The van der Waals surface area contributed by atoms with Gasteiger partial charge in [-0.15, -0.1) is 0 Å². The van der Waals surface area contributed by atoms with Gasteiger partial charge >= 0.3 is 0 Å². The van der Waals surface area contributed by atoms with Gasteiger partial charge in [-0.05, 0) is 13.0 Å². The molecule has 0 aliphatic heterocycles. The molecule has 0 aliphatic carbocycles. The summed E-state index contributed by atoms with van der Waals surface area (Å²) >= 11 is 16.8. The highest BCUT2D eigenvalue weighted by atomic mass is 35.5. The number of aromatic nitrogens is 1. The van der Waals surface area contributed by atoms with Gasteiger partial charge in [0.15, 0.2) is 0 Å².